The number of aliphatic hydroxyl groups is 2. The Kier molecular flexibility index (Phi) is 3.65. The minimum atomic E-state index is -0.807. The largest absolute Gasteiger partial charge is 0.481 e. The summed E-state index contributed by atoms with van der Waals surface area (Å²) in [4.78, 5) is 10.6. The van der Waals surface area contributed by atoms with Crippen LogP contribution in [-0.4, -0.2) is 46.6 Å². The number of aliphatic carboxylic acids is 1. The first-order valence-electron chi connectivity index (χ1n) is 4.39. The molecule has 1 saturated carbocycles. The molecule has 2 atom stereocenters. The van der Waals surface area contributed by atoms with Gasteiger partial charge in [-0.3, -0.25) is 4.79 Å². The van der Waals surface area contributed by atoms with Gasteiger partial charge in [-0.1, -0.05) is 0 Å². The van der Waals surface area contributed by atoms with E-state index in [1.54, 1.807) is 0 Å². The molecule has 0 aliphatic heterocycles. The third-order valence-electron chi connectivity index (χ3n) is 2.48. The Morgan fingerprint density at radius 3 is 2.31 bits per heavy atom. The molecule has 5 nitrogen and oxygen atoms in total. The predicted molar refractivity (Wildman–Crippen MR) is 45.2 cm³/mol. The minimum absolute atomic E-state index is 0.0956. The highest BCUT2D eigenvalue weighted by Crippen LogP contribution is 2.27. The highest BCUT2D eigenvalue weighted by atomic mass is 16.4. The molecule has 76 valence electrons. The molecule has 0 aromatic carbocycles. The topological polar surface area (TPSA) is 89.8 Å². The first-order chi connectivity index (χ1) is 6.19. The van der Waals surface area contributed by atoms with E-state index in [1.165, 1.54) is 0 Å². The van der Waals surface area contributed by atoms with Gasteiger partial charge < -0.3 is 20.6 Å². The third kappa shape index (κ3) is 2.40. The molecule has 0 saturated heterocycles. The van der Waals surface area contributed by atoms with Gasteiger partial charge in [0.15, 0.2) is 0 Å². The fraction of sp³-hybridized carbons (Fsp3) is 0.875. The van der Waals surface area contributed by atoms with Gasteiger partial charge >= 0.3 is 5.97 Å². The second-order valence-electron chi connectivity index (χ2n) is 3.36. The van der Waals surface area contributed by atoms with Crippen LogP contribution in [-0.2, 0) is 4.79 Å². The van der Waals surface area contributed by atoms with Crippen molar-refractivity contribution in [1.29, 1.82) is 0 Å². The van der Waals surface area contributed by atoms with E-state index in [2.05, 4.69) is 5.32 Å². The Morgan fingerprint density at radius 2 is 2.00 bits per heavy atom. The van der Waals surface area contributed by atoms with Crippen LogP contribution in [0.15, 0.2) is 0 Å². The Bertz CT molecular complexity index is 181. The number of aliphatic hydroxyl groups excluding tert-OH is 2. The van der Waals surface area contributed by atoms with Crippen LogP contribution in [0.3, 0.4) is 0 Å². The van der Waals surface area contributed by atoms with Gasteiger partial charge in [0.05, 0.1) is 25.2 Å². The number of hydrogen-bond acceptors (Lipinski definition) is 4. The molecule has 2 unspecified atom stereocenters. The smallest absolute Gasteiger partial charge is 0.308 e. The number of rotatable bonds is 5. The summed E-state index contributed by atoms with van der Waals surface area (Å²) in [5.74, 6) is -1.17. The number of hydrogen-bond donors (Lipinski definition) is 4. The van der Waals surface area contributed by atoms with E-state index in [-0.39, 0.29) is 25.2 Å². The molecule has 0 heterocycles. The van der Waals surface area contributed by atoms with Gasteiger partial charge in [0.25, 0.3) is 0 Å². The minimum Gasteiger partial charge on any atom is -0.481 e. The molecular weight excluding hydrogens is 174 g/mol. The fourth-order valence-corrected chi connectivity index (χ4v) is 1.46. The predicted octanol–water partition coefficient (Wildman–Crippen LogP) is -1.21. The van der Waals surface area contributed by atoms with Crippen molar-refractivity contribution >= 4 is 5.97 Å². The molecule has 0 spiro atoms. The van der Waals surface area contributed by atoms with Crippen molar-refractivity contribution in [1.82, 2.24) is 5.32 Å². The van der Waals surface area contributed by atoms with Crippen molar-refractivity contribution < 1.29 is 20.1 Å². The van der Waals surface area contributed by atoms with Crippen LogP contribution in [0.25, 0.3) is 0 Å². The zero-order valence-electron chi connectivity index (χ0n) is 7.31. The molecular formula is C8H15NO4. The molecule has 4 N–H and O–H groups in total. The Balaban J connectivity index is 2.32. The lowest BCUT2D eigenvalue weighted by Gasteiger charge is -2.36. The Morgan fingerprint density at radius 1 is 1.38 bits per heavy atom. The van der Waals surface area contributed by atoms with E-state index in [0.717, 1.165) is 6.42 Å². The van der Waals surface area contributed by atoms with Crippen LogP contribution in [0.4, 0.5) is 0 Å². The highest BCUT2D eigenvalue weighted by molar-refractivity contribution is 5.72. The average Bonchev–Trinajstić information content (AvgIpc) is 2.03. The molecule has 0 radical (unpaired) electrons. The lowest BCUT2D eigenvalue weighted by Crippen LogP contribution is -2.53. The first kappa shape index (κ1) is 10.4. The lowest BCUT2D eigenvalue weighted by atomic mass is 9.79. The van der Waals surface area contributed by atoms with Crippen molar-refractivity contribution in [2.75, 3.05) is 13.2 Å². The Labute approximate surface area is 76.4 Å². The van der Waals surface area contributed by atoms with Crippen molar-refractivity contribution in [3.8, 4) is 0 Å². The molecule has 1 rings (SSSR count). The summed E-state index contributed by atoms with van der Waals surface area (Å²) in [7, 11) is 0. The van der Waals surface area contributed by atoms with Crippen LogP contribution in [0, 0.1) is 5.92 Å². The summed E-state index contributed by atoms with van der Waals surface area (Å²) < 4.78 is 0. The normalized spacial score (nSPS) is 27.3. The molecule has 5 heteroatoms. The summed E-state index contributed by atoms with van der Waals surface area (Å²) in [6.45, 7) is -0.335. The van der Waals surface area contributed by atoms with E-state index in [1.807, 2.05) is 0 Å². The first-order valence-corrected chi connectivity index (χ1v) is 4.39. The van der Waals surface area contributed by atoms with Gasteiger partial charge in [-0.2, -0.15) is 0 Å². The Hall–Kier alpha value is -0.650. The van der Waals surface area contributed by atoms with E-state index < -0.39 is 12.0 Å². The lowest BCUT2D eigenvalue weighted by molar-refractivity contribution is -0.146. The average molecular weight is 189 g/mol. The van der Waals surface area contributed by atoms with Crippen molar-refractivity contribution in [2.45, 2.75) is 24.9 Å². The highest BCUT2D eigenvalue weighted by Gasteiger charge is 2.37. The summed E-state index contributed by atoms with van der Waals surface area (Å²) in [6, 6.07) is -0.492. The van der Waals surface area contributed by atoms with Crippen LogP contribution >= 0.6 is 0 Å². The molecule has 1 aliphatic carbocycles. The van der Waals surface area contributed by atoms with Gasteiger partial charge in [0.1, 0.15) is 0 Å². The SMILES string of the molecule is O=C(O)C1CCC1NC(CO)CO. The van der Waals surface area contributed by atoms with Crippen LogP contribution in [0.5, 0.6) is 0 Å². The monoisotopic (exact) mass is 189 g/mol. The maximum absolute atomic E-state index is 10.6. The van der Waals surface area contributed by atoms with Crippen molar-refractivity contribution in [3.63, 3.8) is 0 Å². The molecule has 0 bridgehead atoms. The molecule has 0 aromatic rings. The van der Waals surface area contributed by atoms with Crippen LogP contribution in [0.1, 0.15) is 12.8 Å². The zero-order chi connectivity index (χ0) is 9.84. The number of carboxylic acid groups (broad SMARTS) is 1. The van der Waals surface area contributed by atoms with Crippen molar-refractivity contribution in [2.24, 2.45) is 5.92 Å². The number of carbonyl (C=O) groups is 1. The summed E-state index contributed by atoms with van der Waals surface area (Å²) in [5, 5.41) is 29.1. The van der Waals surface area contributed by atoms with Crippen molar-refractivity contribution in [3.05, 3.63) is 0 Å². The summed E-state index contributed by atoms with van der Waals surface area (Å²) in [6.07, 6.45) is 1.48. The van der Waals surface area contributed by atoms with Gasteiger partial charge in [0.2, 0.25) is 0 Å². The summed E-state index contributed by atoms with van der Waals surface area (Å²) >= 11 is 0. The van der Waals surface area contributed by atoms with E-state index in [4.69, 9.17) is 15.3 Å². The molecule has 1 fully saturated rings. The van der Waals surface area contributed by atoms with Crippen LogP contribution < -0.4 is 5.32 Å². The third-order valence-corrected chi connectivity index (χ3v) is 2.48. The maximum Gasteiger partial charge on any atom is 0.308 e. The second-order valence-corrected chi connectivity index (χ2v) is 3.36. The number of carboxylic acids is 1. The standard InChI is InChI=1S/C8H15NO4/c10-3-5(4-11)9-7-2-1-6(7)8(12)13/h5-7,9-11H,1-4H2,(H,12,13). The molecule has 0 amide bonds. The quantitative estimate of drug-likeness (QED) is 0.436. The second kappa shape index (κ2) is 4.55. The van der Waals surface area contributed by atoms with E-state index >= 15 is 0 Å². The fourth-order valence-electron chi connectivity index (χ4n) is 1.46. The van der Waals surface area contributed by atoms with E-state index in [9.17, 15) is 4.79 Å². The van der Waals surface area contributed by atoms with Gasteiger partial charge in [0, 0.05) is 6.04 Å². The molecule has 1 aliphatic rings. The molecule has 13 heavy (non-hydrogen) atoms. The maximum atomic E-state index is 10.6. The molecule has 0 aromatic heterocycles. The van der Waals surface area contributed by atoms with Gasteiger partial charge in [-0.15, -0.1) is 0 Å². The van der Waals surface area contributed by atoms with Gasteiger partial charge in [-0.05, 0) is 12.8 Å². The van der Waals surface area contributed by atoms with Crippen LogP contribution in [0.2, 0.25) is 0 Å². The van der Waals surface area contributed by atoms with Gasteiger partial charge in [-0.25, -0.2) is 0 Å². The summed E-state index contributed by atoms with van der Waals surface area (Å²) in [5.41, 5.74) is 0. The van der Waals surface area contributed by atoms with E-state index in [0.29, 0.717) is 6.42 Å². The number of nitrogens with one attached hydrogen (secondary N) is 1. The zero-order valence-corrected chi connectivity index (χ0v) is 7.31.